The molecule has 31 heavy (non-hydrogen) atoms. The zero-order chi connectivity index (χ0) is 21.9. The van der Waals surface area contributed by atoms with E-state index in [9.17, 15) is 4.39 Å². The summed E-state index contributed by atoms with van der Waals surface area (Å²) < 4.78 is 20.5. The van der Waals surface area contributed by atoms with Crippen molar-refractivity contribution in [2.75, 3.05) is 6.61 Å². The second-order valence-corrected chi connectivity index (χ2v) is 10.3. The van der Waals surface area contributed by atoms with Crippen molar-refractivity contribution < 1.29 is 9.13 Å². The molecule has 0 spiro atoms. The molecule has 1 atom stereocenters. The van der Waals surface area contributed by atoms with E-state index in [0.29, 0.717) is 23.7 Å². The summed E-state index contributed by atoms with van der Waals surface area (Å²) in [6.45, 7) is 5.07. The lowest BCUT2D eigenvalue weighted by Crippen LogP contribution is -2.25. The number of hydrogen-bond acceptors (Lipinski definition) is 1. The van der Waals surface area contributed by atoms with Gasteiger partial charge in [-0.1, -0.05) is 63.7 Å². The zero-order valence-corrected chi connectivity index (χ0v) is 20.2. The monoisotopic (exact) mass is 428 g/mol. The Labute approximate surface area is 190 Å². The molecule has 0 heterocycles. The molecule has 3 rings (SSSR count). The van der Waals surface area contributed by atoms with Gasteiger partial charge in [-0.3, -0.25) is 0 Å². The normalized spacial score (nSPS) is 19.6. The lowest BCUT2D eigenvalue weighted by Gasteiger charge is -2.38. The fourth-order valence-corrected chi connectivity index (χ4v) is 5.95. The number of benzene rings is 1. The fourth-order valence-electron chi connectivity index (χ4n) is 5.95. The fraction of sp³-hybridized carbons (Fsp3) is 0.724. The number of halogens is 1. The average Bonchev–Trinajstić information content (AvgIpc) is 2.79. The maximum absolute atomic E-state index is 14.9. The van der Waals surface area contributed by atoms with Crippen LogP contribution in [0.1, 0.15) is 128 Å². The van der Waals surface area contributed by atoms with E-state index in [2.05, 4.69) is 26.0 Å². The molecule has 1 unspecified atom stereocenters. The van der Waals surface area contributed by atoms with Crippen LogP contribution in [-0.4, -0.2) is 6.61 Å². The lowest BCUT2D eigenvalue weighted by atomic mass is 9.67. The SMILES string of the molecule is CCCCOc1ccc(C(CCC2(CCC)CCCCC2)CC2=CCCCC2)cc1F. The molecule has 1 fully saturated rings. The Hall–Kier alpha value is -1.31. The van der Waals surface area contributed by atoms with Gasteiger partial charge in [0.1, 0.15) is 0 Å². The molecule has 1 nitrogen and oxygen atoms in total. The molecule has 0 amide bonds. The molecular formula is C29H45FO. The summed E-state index contributed by atoms with van der Waals surface area (Å²) >= 11 is 0. The topological polar surface area (TPSA) is 9.23 Å². The molecule has 1 aromatic carbocycles. The summed E-state index contributed by atoms with van der Waals surface area (Å²) in [7, 11) is 0. The van der Waals surface area contributed by atoms with Crippen molar-refractivity contribution in [3.8, 4) is 5.75 Å². The summed E-state index contributed by atoms with van der Waals surface area (Å²) in [5.41, 5.74) is 3.32. The van der Waals surface area contributed by atoms with Crippen LogP contribution in [0.4, 0.5) is 4.39 Å². The van der Waals surface area contributed by atoms with E-state index in [1.807, 2.05) is 6.07 Å². The van der Waals surface area contributed by atoms with E-state index in [1.54, 1.807) is 11.6 Å². The van der Waals surface area contributed by atoms with Crippen molar-refractivity contribution in [3.63, 3.8) is 0 Å². The van der Waals surface area contributed by atoms with Crippen molar-refractivity contribution in [1.82, 2.24) is 0 Å². The predicted molar refractivity (Wildman–Crippen MR) is 130 cm³/mol. The standard InChI is InChI=1S/C29H45FO/c1-3-5-21-31-28-15-14-25(23-27(28)30)26(22-24-12-8-6-9-13-24)16-20-29(17-4-2)18-10-7-11-19-29/h12,14-15,23,26H,3-11,13,16-22H2,1-2H3. The minimum Gasteiger partial charge on any atom is -0.491 e. The van der Waals surface area contributed by atoms with Crippen LogP contribution in [-0.2, 0) is 0 Å². The molecular weight excluding hydrogens is 383 g/mol. The third kappa shape index (κ3) is 7.36. The van der Waals surface area contributed by atoms with Gasteiger partial charge < -0.3 is 4.74 Å². The largest absolute Gasteiger partial charge is 0.491 e. The van der Waals surface area contributed by atoms with Crippen molar-refractivity contribution in [2.24, 2.45) is 5.41 Å². The molecule has 0 aromatic heterocycles. The molecule has 1 aromatic rings. The Balaban J connectivity index is 1.74. The van der Waals surface area contributed by atoms with E-state index < -0.39 is 0 Å². The second kappa shape index (κ2) is 12.7. The van der Waals surface area contributed by atoms with Gasteiger partial charge in [-0.05, 0) is 99.7 Å². The third-order valence-corrected chi connectivity index (χ3v) is 7.79. The summed E-state index contributed by atoms with van der Waals surface area (Å²) in [5, 5.41) is 0. The molecule has 0 bridgehead atoms. The first-order valence-electron chi connectivity index (χ1n) is 13.3. The zero-order valence-electron chi connectivity index (χ0n) is 20.2. The predicted octanol–water partition coefficient (Wildman–Crippen LogP) is 9.51. The molecule has 0 aliphatic heterocycles. The van der Waals surface area contributed by atoms with Crippen molar-refractivity contribution >= 4 is 0 Å². The van der Waals surface area contributed by atoms with Gasteiger partial charge in [-0.25, -0.2) is 4.39 Å². The second-order valence-electron chi connectivity index (χ2n) is 10.3. The third-order valence-electron chi connectivity index (χ3n) is 7.79. The van der Waals surface area contributed by atoms with Crippen molar-refractivity contribution in [2.45, 2.75) is 122 Å². The number of ether oxygens (including phenoxy) is 1. The van der Waals surface area contributed by atoms with Gasteiger partial charge in [-0.15, -0.1) is 0 Å². The highest BCUT2D eigenvalue weighted by molar-refractivity contribution is 5.32. The maximum atomic E-state index is 14.9. The first-order valence-corrected chi connectivity index (χ1v) is 13.3. The summed E-state index contributed by atoms with van der Waals surface area (Å²) in [6.07, 6.45) is 22.8. The van der Waals surface area contributed by atoms with Crippen molar-refractivity contribution in [3.05, 3.63) is 41.2 Å². The Morgan fingerprint density at radius 1 is 1.00 bits per heavy atom. The first-order chi connectivity index (χ1) is 15.2. The van der Waals surface area contributed by atoms with Gasteiger partial charge in [-0.2, -0.15) is 0 Å². The van der Waals surface area contributed by atoms with Crippen LogP contribution < -0.4 is 4.74 Å². The lowest BCUT2D eigenvalue weighted by molar-refractivity contribution is 0.147. The highest BCUT2D eigenvalue weighted by atomic mass is 19.1. The van der Waals surface area contributed by atoms with E-state index in [-0.39, 0.29) is 5.82 Å². The highest BCUT2D eigenvalue weighted by Crippen LogP contribution is 2.46. The van der Waals surface area contributed by atoms with E-state index in [1.165, 1.54) is 89.0 Å². The minimum absolute atomic E-state index is 0.183. The van der Waals surface area contributed by atoms with Gasteiger partial charge in [0, 0.05) is 0 Å². The Morgan fingerprint density at radius 3 is 2.52 bits per heavy atom. The molecule has 0 N–H and O–H groups in total. The quantitative estimate of drug-likeness (QED) is 0.238. The van der Waals surface area contributed by atoms with Crippen LogP contribution in [0.3, 0.4) is 0 Å². The first kappa shape index (κ1) is 24.3. The summed E-state index contributed by atoms with van der Waals surface area (Å²) in [5.74, 6) is 0.666. The van der Waals surface area contributed by atoms with Crippen LogP contribution >= 0.6 is 0 Å². The smallest absolute Gasteiger partial charge is 0.165 e. The van der Waals surface area contributed by atoms with Crippen molar-refractivity contribution in [1.29, 1.82) is 0 Å². The molecule has 2 aliphatic carbocycles. The summed E-state index contributed by atoms with van der Waals surface area (Å²) in [6, 6.07) is 5.81. The van der Waals surface area contributed by atoms with Crippen LogP contribution in [0.15, 0.2) is 29.8 Å². The Kier molecular flexibility index (Phi) is 9.94. The maximum Gasteiger partial charge on any atom is 0.165 e. The molecule has 174 valence electrons. The molecule has 2 aliphatic rings. The highest BCUT2D eigenvalue weighted by Gasteiger charge is 2.32. The molecule has 2 heteroatoms. The van der Waals surface area contributed by atoms with Crippen LogP contribution in [0.25, 0.3) is 0 Å². The van der Waals surface area contributed by atoms with Crippen LogP contribution in [0.2, 0.25) is 0 Å². The minimum atomic E-state index is -0.183. The van der Waals surface area contributed by atoms with Crippen LogP contribution in [0.5, 0.6) is 5.75 Å². The van der Waals surface area contributed by atoms with E-state index in [0.717, 1.165) is 19.3 Å². The number of rotatable bonds is 12. The van der Waals surface area contributed by atoms with Crippen LogP contribution in [0, 0.1) is 11.2 Å². The molecule has 0 radical (unpaired) electrons. The van der Waals surface area contributed by atoms with Gasteiger partial charge >= 0.3 is 0 Å². The number of unbranched alkanes of at least 4 members (excludes halogenated alkanes) is 1. The van der Waals surface area contributed by atoms with Gasteiger partial charge in [0.05, 0.1) is 6.61 Å². The van der Waals surface area contributed by atoms with Gasteiger partial charge in [0.25, 0.3) is 0 Å². The Morgan fingerprint density at radius 2 is 1.84 bits per heavy atom. The number of allylic oxidation sites excluding steroid dienone is 2. The van der Waals surface area contributed by atoms with Gasteiger partial charge in [0.15, 0.2) is 11.6 Å². The number of hydrogen-bond donors (Lipinski definition) is 0. The molecule has 0 saturated heterocycles. The summed E-state index contributed by atoms with van der Waals surface area (Å²) in [4.78, 5) is 0. The van der Waals surface area contributed by atoms with E-state index in [4.69, 9.17) is 4.74 Å². The van der Waals surface area contributed by atoms with E-state index >= 15 is 0 Å². The molecule has 1 saturated carbocycles. The average molecular weight is 429 g/mol. The van der Waals surface area contributed by atoms with Gasteiger partial charge in [0.2, 0.25) is 0 Å². The Bertz CT molecular complexity index is 680.